The highest BCUT2D eigenvalue weighted by Crippen LogP contribution is 2.19. The van der Waals surface area contributed by atoms with Gasteiger partial charge in [-0.05, 0) is 12.1 Å². The highest BCUT2D eigenvalue weighted by molar-refractivity contribution is 5.72. The topological polar surface area (TPSA) is 44.1 Å². The van der Waals surface area contributed by atoms with E-state index in [1.54, 1.807) is 7.11 Å². The van der Waals surface area contributed by atoms with Crippen LogP contribution in [-0.4, -0.2) is 23.2 Å². The smallest absolute Gasteiger partial charge is 0.168 e. The minimum absolute atomic E-state index is 0.256. The van der Waals surface area contributed by atoms with Crippen LogP contribution in [0.4, 0.5) is 4.39 Å². The number of benzene rings is 1. The van der Waals surface area contributed by atoms with Gasteiger partial charge in [0.15, 0.2) is 6.29 Å². The molecule has 0 N–H and O–H groups in total. The van der Waals surface area contributed by atoms with Gasteiger partial charge in [-0.3, -0.25) is 9.48 Å². The fourth-order valence-electron chi connectivity index (χ4n) is 1.77. The first-order chi connectivity index (χ1) is 8.78. The molecule has 5 heteroatoms. The van der Waals surface area contributed by atoms with Gasteiger partial charge in [0, 0.05) is 5.56 Å². The van der Waals surface area contributed by atoms with Crippen LogP contribution in [0.1, 0.15) is 21.7 Å². The predicted molar refractivity (Wildman–Crippen MR) is 64.5 cm³/mol. The van der Waals surface area contributed by atoms with E-state index in [2.05, 4.69) is 5.10 Å². The molecule has 2 aromatic rings. The van der Waals surface area contributed by atoms with Crippen LogP contribution >= 0.6 is 0 Å². The Kier molecular flexibility index (Phi) is 3.72. The van der Waals surface area contributed by atoms with E-state index in [9.17, 15) is 9.18 Å². The molecule has 0 aliphatic heterocycles. The van der Waals surface area contributed by atoms with Gasteiger partial charge in [0.1, 0.15) is 18.1 Å². The second-order valence-corrected chi connectivity index (χ2v) is 3.78. The number of carbonyl (C=O) groups is 1. The van der Waals surface area contributed by atoms with Gasteiger partial charge >= 0.3 is 0 Å². The van der Waals surface area contributed by atoms with Crippen LogP contribution in [0.25, 0.3) is 0 Å². The maximum absolute atomic E-state index is 12.5. The number of rotatable bonds is 5. The average Bonchev–Trinajstić information content (AvgIpc) is 2.81. The van der Waals surface area contributed by atoms with E-state index >= 15 is 0 Å². The molecule has 0 unspecified atom stereocenters. The lowest BCUT2D eigenvalue weighted by Crippen LogP contribution is -2.07. The van der Waals surface area contributed by atoms with E-state index in [1.807, 2.05) is 24.3 Å². The number of hydrogen-bond donors (Lipinski definition) is 0. The van der Waals surface area contributed by atoms with Crippen molar-refractivity contribution in [3.63, 3.8) is 0 Å². The fraction of sp³-hybridized carbons (Fsp3) is 0.231. The Hall–Kier alpha value is -2.17. The maximum atomic E-state index is 12.5. The van der Waals surface area contributed by atoms with Crippen LogP contribution in [0.5, 0.6) is 5.75 Å². The molecule has 0 atom stereocenters. The zero-order valence-electron chi connectivity index (χ0n) is 9.97. The molecule has 1 heterocycles. The summed E-state index contributed by atoms with van der Waals surface area (Å²) in [5.41, 5.74) is 1.50. The predicted octanol–water partition coefficient (Wildman–Crippen LogP) is 2.22. The van der Waals surface area contributed by atoms with Gasteiger partial charge in [0.05, 0.1) is 19.3 Å². The Morgan fingerprint density at radius 3 is 2.89 bits per heavy atom. The molecular formula is C13H13FN2O2. The van der Waals surface area contributed by atoms with Crippen molar-refractivity contribution < 1.29 is 13.9 Å². The Labute approximate surface area is 104 Å². The Morgan fingerprint density at radius 1 is 1.44 bits per heavy atom. The molecule has 4 nitrogen and oxygen atoms in total. The molecule has 0 aliphatic rings. The second kappa shape index (κ2) is 5.44. The molecule has 0 radical (unpaired) electrons. The highest BCUT2D eigenvalue weighted by Gasteiger charge is 2.09. The number of alkyl halides is 1. The Morgan fingerprint density at radius 2 is 2.22 bits per heavy atom. The maximum Gasteiger partial charge on any atom is 0.168 e. The summed E-state index contributed by atoms with van der Waals surface area (Å²) < 4.78 is 19.2. The van der Waals surface area contributed by atoms with Crippen LogP contribution < -0.4 is 4.74 Å². The minimum atomic E-state index is -0.681. The van der Waals surface area contributed by atoms with Gasteiger partial charge in [0.25, 0.3) is 0 Å². The summed E-state index contributed by atoms with van der Waals surface area (Å²) in [6.07, 6.45) is 0.668. The van der Waals surface area contributed by atoms with Gasteiger partial charge in [0.2, 0.25) is 0 Å². The lowest BCUT2D eigenvalue weighted by Gasteiger charge is -2.08. The number of aromatic nitrogens is 2. The van der Waals surface area contributed by atoms with E-state index in [4.69, 9.17) is 4.74 Å². The fourth-order valence-corrected chi connectivity index (χ4v) is 1.77. The van der Waals surface area contributed by atoms with Crippen molar-refractivity contribution in [2.24, 2.45) is 0 Å². The molecule has 0 bridgehead atoms. The third-order valence-electron chi connectivity index (χ3n) is 2.63. The monoisotopic (exact) mass is 248 g/mol. The SMILES string of the molecule is COc1ccccc1Cn1nc(CF)cc1C=O. The first kappa shape index (κ1) is 12.3. The normalized spacial score (nSPS) is 10.3. The molecule has 1 aromatic carbocycles. The molecule has 0 aliphatic carbocycles. The summed E-state index contributed by atoms with van der Waals surface area (Å²) >= 11 is 0. The van der Waals surface area contributed by atoms with Crippen molar-refractivity contribution in [1.29, 1.82) is 0 Å². The molecule has 2 rings (SSSR count). The van der Waals surface area contributed by atoms with Crippen LogP contribution in [0.2, 0.25) is 0 Å². The van der Waals surface area contributed by atoms with Gasteiger partial charge in [-0.2, -0.15) is 5.10 Å². The zero-order chi connectivity index (χ0) is 13.0. The van der Waals surface area contributed by atoms with Crippen molar-refractivity contribution in [2.75, 3.05) is 7.11 Å². The van der Waals surface area contributed by atoms with E-state index in [1.165, 1.54) is 10.7 Å². The average molecular weight is 248 g/mol. The van der Waals surface area contributed by atoms with E-state index in [0.717, 1.165) is 5.56 Å². The summed E-state index contributed by atoms with van der Waals surface area (Å²) in [6, 6.07) is 8.89. The van der Waals surface area contributed by atoms with Crippen molar-refractivity contribution >= 4 is 6.29 Å². The molecule has 0 saturated carbocycles. The summed E-state index contributed by atoms with van der Waals surface area (Å²) in [5.74, 6) is 0.714. The summed E-state index contributed by atoms with van der Waals surface area (Å²) in [6.45, 7) is -0.308. The standard InChI is InChI=1S/C13H13FN2O2/c1-18-13-5-3-2-4-10(13)8-16-12(9-17)6-11(7-14)15-16/h2-6,9H,7-8H2,1H3. The summed E-state index contributed by atoms with van der Waals surface area (Å²) in [5, 5.41) is 4.03. The number of hydrogen-bond acceptors (Lipinski definition) is 3. The number of ether oxygens (including phenoxy) is 1. The minimum Gasteiger partial charge on any atom is -0.496 e. The van der Waals surface area contributed by atoms with Gasteiger partial charge in [-0.1, -0.05) is 18.2 Å². The molecule has 1 aromatic heterocycles. The third-order valence-corrected chi connectivity index (χ3v) is 2.63. The quantitative estimate of drug-likeness (QED) is 0.762. The molecular weight excluding hydrogens is 235 g/mol. The first-order valence-corrected chi connectivity index (χ1v) is 5.48. The van der Waals surface area contributed by atoms with Crippen molar-refractivity contribution in [3.05, 3.63) is 47.3 Å². The third kappa shape index (κ3) is 2.40. The van der Waals surface area contributed by atoms with Gasteiger partial charge < -0.3 is 4.74 Å². The molecule has 18 heavy (non-hydrogen) atoms. The van der Waals surface area contributed by atoms with Crippen molar-refractivity contribution in [2.45, 2.75) is 13.2 Å². The number of carbonyl (C=O) groups excluding carboxylic acids is 1. The van der Waals surface area contributed by atoms with E-state index < -0.39 is 6.67 Å². The number of nitrogens with zero attached hydrogens (tertiary/aromatic N) is 2. The highest BCUT2D eigenvalue weighted by atomic mass is 19.1. The lowest BCUT2D eigenvalue weighted by molar-refractivity contribution is 0.111. The van der Waals surface area contributed by atoms with Crippen molar-refractivity contribution in [3.8, 4) is 5.75 Å². The Bertz CT molecular complexity index is 552. The molecule has 0 amide bonds. The van der Waals surface area contributed by atoms with E-state index in [-0.39, 0.29) is 5.69 Å². The molecule has 0 saturated heterocycles. The summed E-state index contributed by atoms with van der Waals surface area (Å²) in [7, 11) is 1.58. The number of methoxy groups -OCH3 is 1. The first-order valence-electron chi connectivity index (χ1n) is 5.48. The second-order valence-electron chi connectivity index (χ2n) is 3.78. The van der Waals surface area contributed by atoms with Crippen LogP contribution in [0.3, 0.4) is 0 Å². The van der Waals surface area contributed by atoms with Gasteiger partial charge in [-0.15, -0.1) is 0 Å². The lowest BCUT2D eigenvalue weighted by atomic mass is 10.2. The van der Waals surface area contributed by atoms with Crippen LogP contribution in [-0.2, 0) is 13.2 Å². The van der Waals surface area contributed by atoms with Gasteiger partial charge in [-0.25, -0.2) is 4.39 Å². The van der Waals surface area contributed by atoms with Crippen LogP contribution in [0, 0.1) is 0 Å². The van der Waals surface area contributed by atoms with Crippen LogP contribution in [0.15, 0.2) is 30.3 Å². The largest absolute Gasteiger partial charge is 0.496 e. The number of para-hydroxylation sites is 1. The zero-order valence-corrected chi connectivity index (χ0v) is 9.97. The number of halogens is 1. The molecule has 94 valence electrons. The molecule has 0 fully saturated rings. The summed E-state index contributed by atoms with van der Waals surface area (Å²) in [4.78, 5) is 10.9. The molecule has 0 spiro atoms. The number of aldehydes is 1. The Balaban J connectivity index is 2.33. The van der Waals surface area contributed by atoms with E-state index in [0.29, 0.717) is 24.3 Å². The van der Waals surface area contributed by atoms with Crippen molar-refractivity contribution in [1.82, 2.24) is 9.78 Å².